The van der Waals surface area contributed by atoms with Gasteiger partial charge in [0.15, 0.2) is 11.5 Å². The van der Waals surface area contributed by atoms with Gasteiger partial charge in [0.05, 0.1) is 5.02 Å². The number of aryl methyl sites for hydroxylation is 1. The second-order valence-electron chi connectivity index (χ2n) is 7.98. The number of aromatic nitrogens is 2. The summed E-state index contributed by atoms with van der Waals surface area (Å²) in [6, 6.07) is 10.3. The van der Waals surface area contributed by atoms with Crippen LogP contribution in [-0.2, 0) is 6.42 Å². The number of carbonyl (C=O) groups excluding carboxylic acids is 3. The number of imidazole rings is 1. The Hall–Kier alpha value is -3.56. The quantitative estimate of drug-likeness (QED) is 0.402. The Morgan fingerprint density at radius 3 is 2.44 bits per heavy atom. The number of hydrogen-bond donors (Lipinski definition) is 3. The molecule has 3 rings (SSSR count). The van der Waals surface area contributed by atoms with Crippen LogP contribution in [0.1, 0.15) is 42.7 Å². The maximum absolute atomic E-state index is 13.2. The molecule has 178 valence electrons. The fraction of sp³-hybridized carbons (Fsp3) is 0.250. The molecule has 10 heteroatoms. The average Bonchev–Trinajstić information content (AvgIpc) is 3.16. The molecule has 0 fully saturated rings. The van der Waals surface area contributed by atoms with Crippen LogP contribution >= 0.6 is 11.6 Å². The molecule has 2 aromatic carbocycles. The summed E-state index contributed by atoms with van der Waals surface area (Å²) >= 11 is 5.96. The third kappa shape index (κ3) is 6.49. The number of nitrogens with zero attached hydrogens (tertiary/aromatic N) is 2. The van der Waals surface area contributed by atoms with Crippen molar-refractivity contribution in [3.05, 3.63) is 81.6 Å². The molecule has 0 aliphatic heterocycles. The van der Waals surface area contributed by atoms with Crippen molar-refractivity contribution in [1.82, 2.24) is 20.2 Å². The van der Waals surface area contributed by atoms with Gasteiger partial charge in [0, 0.05) is 30.8 Å². The van der Waals surface area contributed by atoms with Crippen LogP contribution in [0, 0.1) is 12.7 Å². The molecule has 0 aliphatic carbocycles. The highest BCUT2D eigenvalue weighted by Gasteiger charge is 2.22. The average molecular weight is 486 g/mol. The van der Waals surface area contributed by atoms with Gasteiger partial charge in [-0.2, -0.15) is 0 Å². The lowest BCUT2D eigenvalue weighted by molar-refractivity contribution is 0.0932. The van der Waals surface area contributed by atoms with Crippen LogP contribution in [0.25, 0.3) is 0 Å². The van der Waals surface area contributed by atoms with Crippen LogP contribution < -0.4 is 10.6 Å². The van der Waals surface area contributed by atoms with Gasteiger partial charge in [-0.25, -0.2) is 9.37 Å². The lowest BCUT2D eigenvalue weighted by Gasteiger charge is -2.10. The van der Waals surface area contributed by atoms with Crippen molar-refractivity contribution >= 4 is 34.9 Å². The Bertz CT molecular complexity index is 1210. The largest absolute Gasteiger partial charge is 0.349 e. The summed E-state index contributed by atoms with van der Waals surface area (Å²) in [5.74, 6) is -1.28. The van der Waals surface area contributed by atoms with E-state index in [9.17, 15) is 18.8 Å². The van der Waals surface area contributed by atoms with Gasteiger partial charge in [0.25, 0.3) is 11.8 Å². The summed E-state index contributed by atoms with van der Waals surface area (Å²) in [6.07, 6.45) is 0.0649. The molecule has 0 radical (unpaired) electrons. The number of halogens is 2. The number of aromatic amines is 1. The van der Waals surface area contributed by atoms with E-state index in [1.54, 1.807) is 31.2 Å². The molecule has 0 saturated heterocycles. The summed E-state index contributed by atoms with van der Waals surface area (Å²) in [5, 5.41) is 5.53. The first kappa shape index (κ1) is 25.1. The van der Waals surface area contributed by atoms with E-state index in [-0.39, 0.29) is 34.2 Å². The number of H-pyrrole nitrogens is 1. The minimum Gasteiger partial charge on any atom is -0.349 e. The van der Waals surface area contributed by atoms with E-state index in [4.69, 9.17) is 11.6 Å². The van der Waals surface area contributed by atoms with Gasteiger partial charge < -0.3 is 20.5 Å². The number of Topliss-reactive ketones (excluding diaryl/α,β-unsaturated/α-hetero) is 1. The van der Waals surface area contributed by atoms with E-state index in [2.05, 4.69) is 20.6 Å². The van der Waals surface area contributed by atoms with Crippen molar-refractivity contribution in [2.45, 2.75) is 13.3 Å². The first-order valence-electron chi connectivity index (χ1n) is 10.5. The predicted molar refractivity (Wildman–Crippen MR) is 128 cm³/mol. The van der Waals surface area contributed by atoms with E-state index in [1.807, 2.05) is 19.0 Å². The molecule has 0 bridgehead atoms. The maximum Gasteiger partial charge on any atom is 0.276 e. The van der Waals surface area contributed by atoms with E-state index in [0.717, 1.165) is 6.07 Å². The molecule has 3 aromatic rings. The molecule has 1 aromatic heterocycles. The van der Waals surface area contributed by atoms with Crippen molar-refractivity contribution in [1.29, 1.82) is 0 Å². The van der Waals surface area contributed by atoms with Crippen molar-refractivity contribution in [3.63, 3.8) is 0 Å². The minimum absolute atomic E-state index is 0.00920. The predicted octanol–water partition coefficient (Wildman–Crippen LogP) is 3.48. The highest BCUT2D eigenvalue weighted by Crippen LogP contribution is 2.20. The van der Waals surface area contributed by atoms with E-state index in [0.29, 0.717) is 30.2 Å². The molecule has 3 N–H and O–H groups in total. The Morgan fingerprint density at radius 1 is 1.09 bits per heavy atom. The lowest BCUT2D eigenvalue weighted by Crippen LogP contribution is -2.32. The van der Waals surface area contributed by atoms with Crippen LogP contribution in [0.15, 0.2) is 42.5 Å². The highest BCUT2D eigenvalue weighted by atomic mass is 35.5. The van der Waals surface area contributed by atoms with Crippen LogP contribution in [0.4, 0.5) is 10.1 Å². The van der Waals surface area contributed by atoms with Gasteiger partial charge in [-0.3, -0.25) is 14.4 Å². The summed E-state index contributed by atoms with van der Waals surface area (Å²) in [4.78, 5) is 46.6. The molecular formula is C24H25ClFN5O3. The fourth-order valence-corrected chi connectivity index (χ4v) is 3.47. The summed E-state index contributed by atoms with van der Waals surface area (Å²) in [5.41, 5.74) is 1.49. The maximum atomic E-state index is 13.2. The lowest BCUT2D eigenvalue weighted by atomic mass is 10.0. The third-order valence-corrected chi connectivity index (χ3v) is 5.23. The molecule has 34 heavy (non-hydrogen) atoms. The van der Waals surface area contributed by atoms with Gasteiger partial charge in [-0.15, -0.1) is 0 Å². The Labute approximate surface area is 201 Å². The molecule has 0 spiro atoms. The molecule has 1 heterocycles. The van der Waals surface area contributed by atoms with Crippen molar-refractivity contribution < 1.29 is 18.8 Å². The molecule has 0 atom stereocenters. The first-order chi connectivity index (χ1) is 16.1. The zero-order valence-electron chi connectivity index (χ0n) is 19.0. The number of likely N-dealkylation sites (N-methyl/N-ethyl adjacent to an activating group) is 1. The van der Waals surface area contributed by atoms with Gasteiger partial charge in [0.1, 0.15) is 17.3 Å². The molecule has 2 amide bonds. The topological polar surface area (TPSA) is 107 Å². The number of anilines is 1. The normalized spacial score (nSPS) is 10.9. The second kappa shape index (κ2) is 11.0. The number of rotatable bonds is 9. The van der Waals surface area contributed by atoms with E-state index >= 15 is 0 Å². The van der Waals surface area contributed by atoms with Crippen LogP contribution in [-0.4, -0.2) is 59.7 Å². The molecular weight excluding hydrogens is 461 g/mol. The molecule has 0 saturated carbocycles. The monoisotopic (exact) mass is 485 g/mol. The smallest absolute Gasteiger partial charge is 0.276 e. The third-order valence-electron chi connectivity index (χ3n) is 4.92. The number of ketones is 1. The number of hydrogen-bond acceptors (Lipinski definition) is 5. The van der Waals surface area contributed by atoms with E-state index in [1.165, 1.54) is 12.1 Å². The SMILES string of the molecule is Cc1nc(C(=O)Nc2ccc(CC(=O)c3ccc(F)cc3Cl)cc2)c(C(=O)NCCN(C)C)[nH]1. The molecule has 0 aliphatic rings. The number of nitrogens with one attached hydrogen (secondary N) is 3. The van der Waals surface area contributed by atoms with Crippen LogP contribution in [0.3, 0.4) is 0 Å². The van der Waals surface area contributed by atoms with E-state index < -0.39 is 17.6 Å². The van der Waals surface area contributed by atoms with Crippen LogP contribution in [0.5, 0.6) is 0 Å². The molecule has 0 unspecified atom stereocenters. The summed E-state index contributed by atoms with van der Waals surface area (Å²) in [7, 11) is 3.79. The summed E-state index contributed by atoms with van der Waals surface area (Å²) in [6.45, 7) is 2.74. The number of benzene rings is 2. The molecule has 8 nitrogen and oxygen atoms in total. The fourth-order valence-electron chi connectivity index (χ4n) is 3.19. The minimum atomic E-state index is -0.538. The van der Waals surface area contributed by atoms with Gasteiger partial charge >= 0.3 is 0 Å². The van der Waals surface area contributed by atoms with Crippen molar-refractivity contribution in [2.24, 2.45) is 0 Å². The Kier molecular flexibility index (Phi) is 8.14. The Balaban J connectivity index is 1.65. The van der Waals surface area contributed by atoms with Crippen molar-refractivity contribution in [2.75, 3.05) is 32.5 Å². The zero-order valence-corrected chi connectivity index (χ0v) is 19.8. The second-order valence-corrected chi connectivity index (χ2v) is 8.39. The number of carbonyl (C=O) groups is 3. The number of amides is 2. The van der Waals surface area contributed by atoms with Crippen molar-refractivity contribution in [3.8, 4) is 0 Å². The van der Waals surface area contributed by atoms with Gasteiger partial charge in [-0.05, 0) is 56.9 Å². The van der Waals surface area contributed by atoms with Gasteiger partial charge in [-0.1, -0.05) is 23.7 Å². The highest BCUT2D eigenvalue weighted by molar-refractivity contribution is 6.34. The Morgan fingerprint density at radius 2 is 1.79 bits per heavy atom. The first-order valence-corrected chi connectivity index (χ1v) is 10.9. The van der Waals surface area contributed by atoms with Gasteiger partial charge in [0.2, 0.25) is 0 Å². The standard InChI is InChI=1S/C24H25ClFN5O3/c1-14-28-21(23(33)27-10-11-31(2)3)22(29-14)24(34)30-17-7-4-15(5-8-17)12-20(32)18-9-6-16(26)13-19(18)25/h4-9,13H,10-12H2,1-3H3,(H,27,33)(H,28,29)(H,30,34). The summed E-state index contributed by atoms with van der Waals surface area (Å²) < 4.78 is 13.2. The van der Waals surface area contributed by atoms with Crippen LogP contribution in [0.2, 0.25) is 5.02 Å². The zero-order chi connectivity index (χ0) is 24.8.